The Morgan fingerprint density at radius 3 is 2.58 bits per heavy atom. The summed E-state index contributed by atoms with van der Waals surface area (Å²) in [6.07, 6.45) is 0. The lowest BCUT2D eigenvalue weighted by Crippen LogP contribution is -2.22. The van der Waals surface area contributed by atoms with Gasteiger partial charge in [0.15, 0.2) is 12.4 Å². The van der Waals surface area contributed by atoms with Crippen molar-refractivity contribution < 1.29 is 9.53 Å². The second-order valence-corrected chi connectivity index (χ2v) is 6.31. The normalized spacial score (nSPS) is 13.4. The zero-order valence-corrected chi connectivity index (χ0v) is 14.3. The van der Waals surface area contributed by atoms with Crippen LogP contribution in [0.4, 0.5) is 5.82 Å². The highest BCUT2D eigenvalue weighted by atomic mass is 16.5. The molecule has 3 aromatic rings. The number of nitrogens with zero attached hydrogens (tertiary/aromatic N) is 2. The lowest BCUT2D eigenvalue weighted by Gasteiger charge is -2.15. The van der Waals surface area contributed by atoms with E-state index in [0.717, 1.165) is 30.9 Å². The molecule has 0 spiro atoms. The standard InChI is InChI=1S/C20H20N4O2/c25-19(14-26-16-9-5-2-6-10-16)21-20-17-12-24(13-18(17)22-23-20)11-15-7-3-1-4-8-15/h1-10H,11-14H2,(H2,21,22,23,25). The molecule has 2 heterocycles. The van der Waals surface area contributed by atoms with Crippen LogP contribution in [0.15, 0.2) is 60.7 Å². The van der Waals surface area contributed by atoms with Crippen molar-refractivity contribution in [1.82, 2.24) is 15.1 Å². The van der Waals surface area contributed by atoms with Crippen LogP contribution < -0.4 is 10.1 Å². The van der Waals surface area contributed by atoms with Crippen LogP contribution in [0.25, 0.3) is 0 Å². The molecule has 0 fully saturated rings. The number of anilines is 1. The molecule has 2 N–H and O–H groups in total. The Balaban J connectivity index is 1.33. The van der Waals surface area contributed by atoms with Gasteiger partial charge in [0, 0.05) is 25.2 Å². The van der Waals surface area contributed by atoms with Gasteiger partial charge in [-0.15, -0.1) is 0 Å². The van der Waals surface area contributed by atoms with E-state index in [1.165, 1.54) is 5.56 Å². The summed E-state index contributed by atoms with van der Waals surface area (Å²) in [5.41, 5.74) is 3.38. The van der Waals surface area contributed by atoms with Crippen LogP contribution in [0.1, 0.15) is 16.8 Å². The third-order valence-corrected chi connectivity index (χ3v) is 4.34. The monoisotopic (exact) mass is 348 g/mol. The quantitative estimate of drug-likeness (QED) is 0.719. The summed E-state index contributed by atoms with van der Waals surface area (Å²) in [4.78, 5) is 14.5. The van der Waals surface area contributed by atoms with Crippen molar-refractivity contribution in [2.45, 2.75) is 19.6 Å². The Kier molecular flexibility index (Phi) is 4.66. The van der Waals surface area contributed by atoms with Crippen LogP contribution >= 0.6 is 0 Å². The van der Waals surface area contributed by atoms with Gasteiger partial charge in [-0.1, -0.05) is 48.5 Å². The maximum absolute atomic E-state index is 12.2. The number of aromatic nitrogens is 2. The number of aromatic amines is 1. The van der Waals surface area contributed by atoms with Gasteiger partial charge in [0.25, 0.3) is 5.91 Å². The zero-order valence-electron chi connectivity index (χ0n) is 14.3. The van der Waals surface area contributed by atoms with Crippen molar-refractivity contribution in [3.63, 3.8) is 0 Å². The van der Waals surface area contributed by atoms with Crippen LogP contribution in [0, 0.1) is 0 Å². The largest absolute Gasteiger partial charge is 0.484 e. The van der Waals surface area contributed by atoms with E-state index in [4.69, 9.17) is 4.74 Å². The van der Waals surface area contributed by atoms with Gasteiger partial charge < -0.3 is 10.1 Å². The highest BCUT2D eigenvalue weighted by Crippen LogP contribution is 2.28. The molecule has 132 valence electrons. The second kappa shape index (κ2) is 7.41. The van der Waals surface area contributed by atoms with Crippen molar-refractivity contribution in [3.8, 4) is 5.75 Å². The van der Waals surface area contributed by atoms with Gasteiger partial charge in [0.2, 0.25) is 0 Å². The Morgan fingerprint density at radius 1 is 1.08 bits per heavy atom. The summed E-state index contributed by atoms with van der Waals surface area (Å²) in [6, 6.07) is 19.6. The van der Waals surface area contributed by atoms with Crippen molar-refractivity contribution in [2.24, 2.45) is 0 Å². The second-order valence-electron chi connectivity index (χ2n) is 6.31. The molecular formula is C20H20N4O2. The molecule has 1 amide bonds. The molecule has 2 aromatic carbocycles. The number of nitrogens with one attached hydrogen (secondary N) is 2. The molecule has 0 bridgehead atoms. The van der Waals surface area contributed by atoms with Crippen molar-refractivity contribution in [3.05, 3.63) is 77.5 Å². The molecule has 0 atom stereocenters. The van der Waals surface area contributed by atoms with Crippen molar-refractivity contribution in [2.75, 3.05) is 11.9 Å². The number of amides is 1. The number of carbonyl (C=O) groups is 1. The number of para-hydroxylation sites is 1. The molecule has 0 saturated heterocycles. The van der Waals surface area contributed by atoms with Crippen LogP contribution in [0.3, 0.4) is 0 Å². The Labute approximate surface area is 151 Å². The fourth-order valence-corrected chi connectivity index (χ4v) is 3.10. The highest BCUT2D eigenvalue weighted by molar-refractivity contribution is 5.91. The molecule has 6 nitrogen and oxygen atoms in total. The first kappa shape index (κ1) is 16.4. The fraction of sp³-hybridized carbons (Fsp3) is 0.200. The van der Waals surface area contributed by atoms with E-state index in [1.807, 2.05) is 48.5 Å². The fourth-order valence-electron chi connectivity index (χ4n) is 3.10. The summed E-state index contributed by atoms with van der Waals surface area (Å²) < 4.78 is 5.48. The predicted octanol–water partition coefficient (Wildman–Crippen LogP) is 2.94. The third kappa shape index (κ3) is 3.75. The molecule has 0 radical (unpaired) electrons. The average Bonchev–Trinajstić information content (AvgIpc) is 3.23. The minimum atomic E-state index is -0.218. The zero-order chi connectivity index (χ0) is 17.8. The first-order valence-electron chi connectivity index (χ1n) is 8.58. The number of hydrogen-bond acceptors (Lipinski definition) is 4. The van der Waals surface area contributed by atoms with E-state index in [0.29, 0.717) is 11.6 Å². The van der Waals surface area contributed by atoms with Gasteiger partial charge in [-0.05, 0) is 17.7 Å². The van der Waals surface area contributed by atoms with Crippen LogP contribution in [-0.2, 0) is 24.4 Å². The first-order valence-corrected chi connectivity index (χ1v) is 8.58. The van der Waals surface area contributed by atoms with E-state index >= 15 is 0 Å². The van der Waals surface area contributed by atoms with E-state index in [2.05, 4.69) is 32.5 Å². The topological polar surface area (TPSA) is 70.2 Å². The Hall–Kier alpha value is -3.12. The molecule has 1 aliphatic heterocycles. The van der Waals surface area contributed by atoms with Crippen molar-refractivity contribution in [1.29, 1.82) is 0 Å². The molecule has 26 heavy (non-hydrogen) atoms. The maximum atomic E-state index is 12.2. The molecule has 0 saturated carbocycles. The molecular weight excluding hydrogens is 328 g/mol. The number of benzene rings is 2. The minimum Gasteiger partial charge on any atom is -0.484 e. The third-order valence-electron chi connectivity index (χ3n) is 4.34. The van der Waals surface area contributed by atoms with E-state index in [9.17, 15) is 4.79 Å². The highest BCUT2D eigenvalue weighted by Gasteiger charge is 2.25. The van der Waals surface area contributed by atoms with Crippen LogP contribution in [-0.4, -0.2) is 27.6 Å². The summed E-state index contributed by atoms with van der Waals surface area (Å²) in [5.74, 6) is 1.05. The van der Waals surface area contributed by atoms with Gasteiger partial charge in [0.1, 0.15) is 5.75 Å². The molecule has 0 aliphatic carbocycles. The summed E-state index contributed by atoms with van der Waals surface area (Å²) >= 11 is 0. The van der Waals surface area contributed by atoms with Gasteiger partial charge in [-0.25, -0.2) is 0 Å². The molecule has 1 aliphatic rings. The molecule has 6 heteroatoms. The number of carbonyl (C=O) groups excluding carboxylic acids is 1. The first-order chi connectivity index (χ1) is 12.8. The smallest absolute Gasteiger partial charge is 0.263 e. The summed E-state index contributed by atoms with van der Waals surface area (Å²) in [7, 11) is 0. The number of ether oxygens (including phenoxy) is 1. The number of fused-ring (bicyclic) bond motifs is 1. The Bertz CT molecular complexity index is 877. The van der Waals surface area contributed by atoms with Gasteiger partial charge in [0.05, 0.1) is 5.69 Å². The number of hydrogen-bond donors (Lipinski definition) is 2. The van der Waals surface area contributed by atoms with E-state index < -0.39 is 0 Å². The van der Waals surface area contributed by atoms with E-state index in [-0.39, 0.29) is 12.5 Å². The van der Waals surface area contributed by atoms with Crippen molar-refractivity contribution >= 4 is 11.7 Å². The Morgan fingerprint density at radius 2 is 1.81 bits per heavy atom. The average molecular weight is 348 g/mol. The lowest BCUT2D eigenvalue weighted by atomic mass is 10.2. The van der Waals surface area contributed by atoms with Crippen LogP contribution in [0.5, 0.6) is 5.75 Å². The molecule has 0 unspecified atom stereocenters. The SMILES string of the molecule is O=C(COc1ccccc1)Nc1n[nH]c2c1CN(Cc1ccccc1)C2. The van der Waals surface area contributed by atoms with Gasteiger partial charge in [-0.3, -0.25) is 14.8 Å². The number of H-pyrrole nitrogens is 1. The maximum Gasteiger partial charge on any atom is 0.263 e. The number of rotatable bonds is 6. The molecule has 1 aromatic heterocycles. The predicted molar refractivity (Wildman–Crippen MR) is 98.5 cm³/mol. The van der Waals surface area contributed by atoms with Gasteiger partial charge in [-0.2, -0.15) is 5.10 Å². The van der Waals surface area contributed by atoms with Crippen LogP contribution in [0.2, 0.25) is 0 Å². The minimum absolute atomic E-state index is 0.0423. The van der Waals surface area contributed by atoms with Gasteiger partial charge >= 0.3 is 0 Å². The lowest BCUT2D eigenvalue weighted by molar-refractivity contribution is -0.118. The summed E-state index contributed by atoms with van der Waals surface area (Å²) in [6.45, 7) is 2.39. The van der Waals surface area contributed by atoms with E-state index in [1.54, 1.807) is 0 Å². The summed E-state index contributed by atoms with van der Waals surface area (Å²) in [5, 5.41) is 10.1. The molecule has 4 rings (SSSR count).